The van der Waals surface area contributed by atoms with E-state index >= 15 is 0 Å². The third kappa shape index (κ3) is 6.37. The maximum atomic E-state index is 13.5. The van der Waals surface area contributed by atoms with E-state index in [-0.39, 0.29) is 16.6 Å². The fourth-order valence-electron chi connectivity index (χ4n) is 3.64. The van der Waals surface area contributed by atoms with Crippen LogP contribution in [0.2, 0.25) is 10.0 Å². The van der Waals surface area contributed by atoms with Crippen LogP contribution in [-0.2, 0) is 14.9 Å². The van der Waals surface area contributed by atoms with Crippen molar-refractivity contribution in [1.82, 2.24) is 0 Å². The zero-order valence-electron chi connectivity index (χ0n) is 20.4. The lowest BCUT2D eigenvalue weighted by Crippen LogP contribution is -2.28. The number of aryl methyl sites for hydroxylation is 1. The third-order valence-electron chi connectivity index (χ3n) is 5.64. The number of carbonyl (C=O) groups is 1. The molecular formula is C29H20Cl2N2O4S2. The van der Waals surface area contributed by atoms with Crippen molar-refractivity contribution in [2.24, 2.45) is 4.99 Å². The number of carbonyl (C=O) groups excluding carboxylic acids is 1. The number of hydrogen-bond acceptors (Lipinski definition) is 6. The average Bonchev–Trinajstić information content (AvgIpc) is 3.21. The number of nitrogens with zero attached hydrogens (tertiary/aromatic N) is 2. The van der Waals surface area contributed by atoms with E-state index in [1.54, 1.807) is 91.0 Å². The van der Waals surface area contributed by atoms with Crippen molar-refractivity contribution in [3.05, 3.63) is 123 Å². The number of hydrogen-bond donors (Lipinski definition) is 0. The monoisotopic (exact) mass is 594 g/mol. The highest BCUT2D eigenvalue weighted by molar-refractivity contribution is 8.19. The Kier molecular flexibility index (Phi) is 7.81. The van der Waals surface area contributed by atoms with Crippen molar-refractivity contribution in [3.8, 4) is 5.75 Å². The Morgan fingerprint density at radius 2 is 1.41 bits per heavy atom. The summed E-state index contributed by atoms with van der Waals surface area (Å²) in [7, 11) is -3.97. The van der Waals surface area contributed by atoms with E-state index in [2.05, 4.69) is 4.99 Å². The molecule has 39 heavy (non-hydrogen) atoms. The van der Waals surface area contributed by atoms with Crippen LogP contribution in [0, 0.1) is 6.92 Å². The molecule has 10 heteroatoms. The molecule has 196 valence electrons. The van der Waals surface area contributed by atoms with Crippen molar-refractivity contribution in [1.29, 1.82) is 0 Å². The van der Waals surface area contributed by atoms with Gasteiger partial charge >= 0.3 is 10.1 Å². The minimum Gasteiger partial charge on any atom is -0.379 e. The molecule has 1 fully saturated rings. The predicted molar refractivity (Wildman–Crippen MR) is 158 cm³/mol. The van der Waals surface area contributed by atoms with Crippen molar-refractivity contribution < 1.29 is 17.4 Å². The van der Waals surface area contributed by atoms with Crippen LogP contribution in [-0.4, -0.2) is 19.5 Å². The summed E-state index contributed by atoms with van der Waals surface area (Å²) in [5.74, 6) is -0.0896. The molecule has 0 spiro atoms. The van der Waals surface area contributed by atoms with E-state index in [1.165, 1.54) is 28.8 Å². The summed E-state index contributed by atoms with van der Waals surface area (Å²) in [6.45, 7) is 1.87. The van der Waals surface area contributed by atoms with Gasteiger partial charge in [0.2, 0.25) is 0 Å². The first-order valence-corrected chi connectivity index (χ1v) is 14.6. The van der Waals surface area contributed by atoms with Gasteiger partial charge in [-0.05, 0) is 103 Å². The first-order chi connectivity index (χ1) is 18.7. The fraction of sp³-hybridized carbons (Fsp3) is 0.0345. The number of amidine groups is 1. The molecule has 1 saturated heterocycles. The molecule has 1 amide bonds. The van der Waals surface area contributed by atoms with Gasteiger partial charge in [0.25, 0.3) is 5.91 Å². The molecule has 6 nitrogen and oxygen atoms in total. The minimum atomic E-state index is -3.97. The number of amides is 1. The van der Waals surface area contributed by atoms with Crippen LogP contribution in [0.1, 0.15) is 11.1 Å². The van der Waals surface area contributed by atoms with Crippen LogP contribution in [0.25, 0.3) is 6.08 Å². The Morgan fingerprint density at radius 3 is 2.03 bits per heavy atom. The van der Waals surface area contributed by atoms with E-state index < -0.39 is 10.1 Å². The summed E-state index contributed by atoms with van der Waals surface area (Å²) in [5, 5.41) is 1.61. The lowest BCUT2D eigenvalue weighted by atomic mass is 10.2. The zero-order valence-corrected chi connectivity index (χ0v) is 23.6. The second-order valence-corrected chi connectivity index (χ2v) is 11.9. The van der Waals surface area contributed by atoms with Crippen LogP contribution < -0.4 is 9.08 Å². The molecule has 0 radical (unpaired) electrons. The second-order valence-electron chi connectivity index (χ2n) is 8.52. The summed E-state index contributed by atoms with van der Waals surface area (Å²) in [4.78, 5) is 20.2. The molecule has 5 rings (SSSR count). The van der Waals surface area contributed by atoms with Gasteiger partial charge in [0, 0.05) is 10.0 Å². The molecule has 0 bridgehead atoms. The van der Waals surface area contributed by atoms with Gasteiger partial charge in [0.1, 0.15) is 10.6 Å². The minimum absolute atomic E-state index is 0.0713. The smallest absolute Gasteiger partial charge is 0.339 e. The third-order valence-corrected chi connectivity index (χ3v) is 8.37. The van der Waals surface area contributed by atoms with Gasteiger partial charge in [-0.25, -0.2) is 4.99 Å². The summed E-state index contributed by atoms with van der Waals surface area (Å²) in [6.07, 6.45) is 1.72. The topological polar surface area (TPSA) is 76.0 Å². The number of halogens is 2. The Bertz CT molecular complexity index is 1680. The summed E-state index contributed by atoms with van der Waals surface area (Å²) >= 11 is 13.3. The van der Waals surface area contributed by atoms with E-state index in [0.717, 1.165) is 5.56 Å². The SMILES string of the molecule is Cc1ccc(S(=O)(=O)Oc2ccc(/C=C3\SC(=Nc4ccc(Cl)cc4)N(c4ccc(Cl)cc4)C3=O)cc2)cc1. The lowest BCUT2D eigenvalue weighted by Gasteiger charge is -2.15. The summed E-state index contributed by atoms with van der Waals surface area (Å²) in [5.41, 5.74) is 2.90. The Balaban J connectivity index is 1.41. The predicted octanol–water partition coefficient (Wildman–Crippen LogP) is 7.88. The summed E-state index contributed by atoms with van der Waals surface area (Å²) in [6, 6.07) is 26.8. The number of benzene rings is 4. The quantitative estimate of drug-likeness (QED) is 0.168. The van der Waals surface area contributed by atoms with Crippen molar-refractivity contribution >= 4 is 73.6 Å². The molecule has 4 aromatic rings. The first-order valence-electron chi connectivity index (χ1n) is 11.6. The van der Waals surface area contributed by atoms with Crippen LogP contribution in [0.5, 0.6) is 5.75 Å². The Morgan fingerprint density at radius 1 is 0.821 bits per heavy atom. The maximum absolute atomic E-state index is 13.5. The molecule has 1 heterocycles. The molecule has 0 aliphatic carbocycles. The first kappa shape index (κ1) is 27.0. The molecule has 0 saturated carbocycles. The molecule has 0 aromatic heterocycles. The highest BCUT2D eigenvalue weighted by atomic mass is 35.5. The van der Waals surface area contributed by atoms with Crippen molar-refractivity contribution in [2.75, 3.05) is 4.90 Å². The Labute approximate surface area is 240 Å². The molecular weight excluding hydrogens is 575 g/mol. The molecule has 0 unspecified atom stereocenters. The molecule has 0 atom stereocenters. The lowest BCUT2D eigenvalue weighted by molar-refractivity contribution is -0.113. The Hall–Kier alpha value is -3.56. The number of thioether (sulfide) groups is 1. The van der Waals surface area contributed by atoms with Gasteiger partial charge in [-0.15, -0.1) is 0 Å². The number of rotatable bonds is 6. The highest BCUT2D eigenvalue weighted by Crippen LogP contribution is 2.38. The molecule has 1 aliphatic heterocycles. The number of aliphatic imine (C=N–C) groups is 1. The van der Waals surface area contributed by atoms with E-state index in [0.29, 0.717) is 37.1 Å². The molecule has 4 aromatic carbocycles. The molecule has 1 aliphatic rings. The van der Waals surface area contributed by atoms with Gasteiger partial charge in [-0.3, -0.25) is 9.69 Å². The second kappa shape index (κ2) is 11.3. The van der Waals surface area contributed by atoms with Gasteiger partial charge in [0.05, 0.1) is 16.3 Å². The normalized spacial score (nSPS) is 15.8. The summed E-state index contributed by atoms with van der Waals surface area (Å²) < 4.78 is 30.5. The van der Waals surface area contributed by atoms with Crippen LogP contribution in [0.4, 0.5) is 11.4 Å². The van der Waals surface area contributed by atoms with Crippen LogP contribution >= 0.6 is 35.0 Å². The fourth-order valence-corrected chi connectivity index (χ4v) is 5.83. The van der Waals surface area contributed by atoms with Gasteiger partial charge in [-0.1, -0.05) is 53.0 Å². The largest absolute Gasteiger partial charge is 0.379 e. The number of anilines is 1. The van der Waals surface area contributed by atoms with Gasteiger partial charge in [-0.2, -0.15) is 8.42 Å². The van der Waals surface area contributed by atoms with Gasteiger partial charge < -0.3 is 4.18 Å². The standard InChI is InChI=1S/C29H20Cl2N2O4S2/c1-19-2-16-26(17-3-19)39(35,36)37-25-14-4-20(5-15-25)18-27-28(34)33(24-12-8-22(31)9-13-24)29(38-27)32-23-10-6-21(30)7-11-23/h2-18H,1H3/b27-18-,32-29?. The van der Waals surface area contributed by atoms with Crippen LogP contribution in [0.3, 0.4) is 0 Å². The van der Waals surface area contributed by atoms with Crippen molar-refractivity contribution in [3.63, 3.8) is 0 Å². The van der Waals surface area contributed by atoms with Crippen LogP contribution in [0.15, 0.2) is 112 Å². The highest BCUT2D eigenvalue weighted by Gasteiger charge is 2.34. The zero-order chi connectivity index (χ0) is 27.6. The van der Waals surface area contributed by atoms with Gasteiger partial charge in [0.15, 0.2) is 5.17 Å². The average molecular weight is 596 g/mol. The van der Waals surface area contributed by atoms with Crippen molar-refractivity contribution in [2.45, 2.75) is 11.8 Å². The maximum Gasteiger partial charge on any atom is 0.339 e. The van der Waals surface area contributed by atoms with E-state index in [1.807, 2.05) is 6.92 Å². The molecule has 0 N–H and O–H groups in total. The van der Waals surface area contributed by atoms with E-state index in [4.69, 9.17) is 27.4 Å². The van der Waals surface area contributed by atoms with E-state index in [9.17, 15) is 13.2 Å².